The molecule has 6 heterocycles. The molecule has 0 spiro atoms. The lowest BCUT2D eigenvalue weighted by atomic mass is 9.90. The van der Waals surface area contributed by atoms with Gasteiger partial charge in [0.25, 0.3) is 36.0 Å². The Labute approximate surface area is 476 Å². The van der Waals surface area contributed by atoms with E-state index in [0.717, 1.165) is 34.8 Å². The van der Waals surface area contributed by atoms with Gasteiger partial charge in [-0.15, -0.1) is 32.9 Å². The number of thiazole rings is 2. The molecule has 434 valence electrons. The van der Waals surface area contributed by atoms with E-state index < -0.39 is 121 Å². The number of halogens is 9. The zero-order valence-electron chi connectivity index (χ0n) is 43.1. The molecule has 20 nitrogen and oxygen atoms in total. The molecule has 0 aliphatic carbocycles. The van der Waals surface area contributed by atoms with Crippen LogP contribution in [-0.4, -0.2) is 129 Å². The molecule has 2 aliphatic rings. The quantitative estimate of drug-likeness (QED) is 0.0716. The molecule has 80 heavy (non-hydrogen) atoms. The molecule has 0 saturated carbocycles. The number of aliphatic carboxylic acids is 1. The summed E-state index contributed by atoms with van der Waals surface area (Å²) >= 11 is 20.8. The van der Waals surface area contributed by atoms with Crippen LogP contribution >= 0.6 is 57.5 Å². The maximum absolute atomic E-state index is 14.6. The number of carboxylic acid groups (broad SMARTS) is 1. The van der Waals surface area contributed by atoms with E-state index in [9.17, 15) is 62.7 Å². The largest absolute Gasteiger partial charge is 0.481 e. The number of alkyl halides is 6. The summed E-state index contributed by atoms with van der Waals surface area (Å²) in [6.45, 7) is 9.67. The van der Waals surface area contributed by atoms with Gasteiger partial charge in [-0.25, -0.2) is 62.6 Å². The molecule has 2 amide bonds. The number of likely N-dealkylation sites (tertiary alicyclic amines) is 2. The van der Waals surface area contributed by atoms with Crippen LogP contribution in [-0.2, 0) is 31.3 Å². The number of hydrogen-bond acceptors (Lipinski definition) is 17. The molecule has 2 atom stereocenters. The lowest BCUT2D eigenvalue weighted by Gasteiger charge is -2.31. The van der Waals surface area contributed by atoms with E-state index in [1.807, 2.05) is 0 Å². The van der Waals surface area contributed by atoms with Crippen LogP contribution in [0.25, 0.3) is 42.6 Å². The number of hydrogen-bond donors (Lipinski definition) is 3. The van der Waals surface area contributed by atoms with Crippen LogP contribution < -0.4 is 9.44 Å². The number of rotatable bonds is 17. The minimum atomic E-state index is -4.33. The van der Waals surface area contributed by atoms with Crippen LogP contribution in [0.15, 0.2) is 49.4 Å². The molecular weight excluding hydrogens is 1210 g/mol. The van der Waals surface area contributed by atoms with Gasteiger partial charge in [-0.05, 0) is 60.1 Å². The molecule has 2 saturated heterocycles. The van der Waals surface area contributed by atoms with Gasteiger partial charge in [0, 0.05) is 73.6 Å². The molecule has 2 fully saturated rings. The summed E-state index contributed by atoms with van der Waals surface area (Å²) < 4.78 is 151. The molecule has 0 radical (unpaired) electrons. The van der Waals surface area contributed by atoms with E-state index in [-0.39, 0.29) is 94.7 Å². The van der Waals surface area contributed by atoms with Gasteiger partial charge in [-0.2, -0.15) is 4.98 Å². The first-order chi connectivity index (χ1) is 37.2. The Balaban J connectivity index is 0.000000238. The van der Waals surface area contributed by atoms with Crippen LogP contribution in [0.2, 0.25) is 15.1 Å². The SMILES string of the molecule is CC(C)NS(=O)(=O)c1ccc(-c2sc(-c3nnco3)nc2C(=O)N2CCC(F)(F)CC2)c(Cl)c1Cl.CC[C@@H](C)NS(=O)(=O)c1ccc(-c2sc(-c3noc(CC(C)(C)C(=O)O)n3)nc2C(=O)N2CC(F)(F)C[C@@H]2C)c(C(F)F)c1Cl. The van der Waals surface area contributed by atoms with E-state index in [1.54, 1.807) is 27.7 Å². The number of carbonyl (C=O) groups excluding carboxylic acids is 2. The molecule has 2 aromatic carbocycles. The lowest BCUT2D eigenvalue weighted by molar-refractivity contribution is -0.147. The molecule has 33 heteroatoms. The molecule has 2 aliphatic heterocycles. The third-order valence-corrected chi connectivity index (χ3v) is 19.4. The Morgan fingerprint density at radius 3 is 1.98 bits per heavy atom. The smallest absolute Gasteiger partial charge is 0.309 e. The minimum absolute atomic E-state index is 0.0445. The van der Waals surface area contributed by atoms with Crippen molar-refractivity contribution in [1.82, 2.24) is 49.5 Å². The van der Waals surface area contributed by atoms with E-state index in [1.165, 1.54) is 37.8 Å². The first-order valence-corrected chi connectivity index (χ1v) is 29.7. The fourth-order valence-electron chi connectivity index (χ4n) is 8.11. The van der Waals surface area contributed by atoms with Crippen molar-refractivity contribution in [1.29, 1.82) is 0 Å². The first kappa shape index (κ1) is 62.3. The number of sulfonamides is 2. The topological polar surface area (TPSA) is 274 Å². The summed E-state index contributed by atoms with van der Waals surface area (Å²) in [5.74, 6) is -8.98. The maximum Gasteiger partial charge on any atom is 0.309 e. The van der Waals surface area contributed by atoms with Gasteiger partial charge in [0.15, 0.2) is 10.0 Å². The summed E-state index contributed by atoms with van der Waals surface area (Å²) in [6.07, 6.45) is -3.55. The van der Waals surface area contributed by atoms with Crippen molar-refractivity contribution in [3.8, 4) is 42.6 Å². The van der Waals surface area contributed by atoms with E-state index in [2.05, 4.69) is 39.8 Å². The minimum Gasteiger partial charge on any atom is -0.481 e. The van der Waals surface area contributed by atoms with Crippen molar-refractivity contribution in [3.63, 3.8) is 0 Å². The molecule has 3 N–H and O–H groups in total. The van der Waals surface area contributed by atoms with Crippen LogP contribution in [0.5, 0.6) is 0 Å². The highest BCUT2D eigenvalue weighted by atomic mass is 35.5. The fourth-order valence-corrected chi connectivity index (χ4v) is 14.3. The van der Waals surface area contributed by atoms with Gasteiger partial charge in [-0.3, -0.25) is 14.4 Å². The summed E-state index contributed by atoms with van der Waals surface area (Å²) in [6, 6.07) is 2.91. The highest BCUT2D eigenvalue weighted by molar-refractivity contribution is 7.90. The van der Waals surface area contributed by atoms with Crippen LogP contribution in [0, 0.1) is 5.41 Å². The van der Waals surface area contributed by atoms with E-state index in [0.29, 0.717) is 17.8 Å². The second-order valence-electron chi connectivity index (χ2n) is 19.6. The number of carboxylic acids is 1. The summed E-state index contributed by atoms with van der Waals surface area (Å²) in [4.78, 5) is 52.6. The lowest BCUT2D eigenvalue weighted by Crippen LogP contribution is -2.43. The predicted octanol–water partition coefficient (Wildman–Crippen LogP) is 10.8. The van der Waals surface area contributed by atoms with Gasteiger partial charge in [0.2, 0.25) is 38.2 Å². The van der Waals surface area contributed by atoms with Gasteiger partial charge >= 0.3 is 5.97 Å². The average molecular weight is 1260 g/mol. The highest BCUT2D eigenvalue weighted by Gasteiger charge is 2.47. The molecule has 6 aromatic rings. The Morgan fingerprint density at radius 1 is 0.838 bits per heavy atom. The number of benzene rings is 2. The second-order valence-corrected chi connectivity index (χ2v) is 26.1. The predicted molar refractivity (Wildman–Crippen MR) is 282 cm³/mol. The monoisotopic (exact) mass is 1260 g/mol. The van der Waals surface area contributed by atoms with Crippen LogP contribution in [0.1, 0.15) is 113 Å². The van der Waals surface area contributed by atoms with Crippen molar-refractivity contribution >= 4 is 95.3 Å². The molecule has 8 rings (SSSR count). The van der Waals surface area contributed by atoms with Gasteiger partial charge in [-0.1, -0.05) is 59.0 Å². The van der Waals surface area contributed by atoms with Crippen molar-refractivity contribution in [3.05, 3.63) is 68.6 Å². The zero-order valence-corrected chi connectivity index (χ0v) is 48.6. The third kappa shape index (κ3) is 13.6. The number of aromatic nitrogens is 6. The van der Waals surface area contributed by atoms with Gasteiger partial charge in [0.1, 0.15) is 21.2 Å². The Bertz CT molecular complexity index is 3540. The Kier molecular flexibility index (Phi) is 18.6. The van der Waals surface area contributed by atoms with Crippen molar-refractivity contribution in [2.75, 3.05) is 19.6 Å². The standard InChI is InChI=1S/C27H30ClF4N5O6S2.C20H19Cl2F2N5O4S2/c1-6-12(2)36-45(41,42)15-8-7-14(17(18(15)28)21(29)30)20-19(24(38)37-11-27(31,32)9-13(37)3)34-23(44-20)22-33-16(43-35-22)10-26(4,5)25(39)40;1-10(2)28-35(31,32)12-4-3-11(13(21)14(12)22)16-15(26-18(34-16)17-27-25-9-33-17)19(30)29-7-5-20(23,24)6-8-29/h7-8,12-13,21,36H,6,9-11H2,1-5H3,(H,39,40);3-4,9-10,28H,5-8H2,1-2H3/t12-,13+;/m1./s1. The van der Waals surface area contributed by atoms with E-state index in [4.69, 9.17) is 43.7 Å². The van der Waals surface area contributed by atoms with Gasteiger partial charge in [0.05, 0.1) is 36.8 Å². The molecule has 0 bridgehead atoms. The van der Waals surface area contributed by atoms with Crippen LogP contribution in [0.4, 0.5) is 26.3 Å². The van der Waals surface area contributed by atoms with Crippen LogP contribution in [0.3, 0.4) is 0 Å². The molecule has 0 unspecified atom stereocenters. The van der Waals surface area contributed by atoms with Crippen molar-refractivity contribution < 1.29 is 71.6 Å². The van der Waals surface area contributed by atoms with E-state index >= 15 is 0 Å². The fraction of sp³-hybridized carbons (Fsp3) is 0.468. The summed E-state index contributed by atoms with van der Waals surface area (Å²) in [5.41, 5.74) is -2.85. The third-order valence-electron chi connectivity index (χ3n) is 12.4. The van der Waals surface area contributed by atoms with Crippen molar-refractivity contribution in [2.45, 2.75) is 127 Å². The Morgan fingerprint density at radius 2 is 1.41 bits per heavy atom. The number of amides is 2. The number of nitrogens with one attached hydrogen (secondary N) is 2. The number of nitrogens with zero attached hydrogens (tertiary/aromatic N) is 8. The zero-order chi connectivity index (χ0) is 59.2. The Hall–Kier alpha value is -5.34. The highest BCUT2D eigenvalue weighted by Crippen LogP contribution is 2.47. The maximum atomic E-state index is 14.6. The molecule has 4 aromatic heterocycles. The van der Waals surface area contributed by atoms with Gasteiger partial charge < -0.3 is 23.8 Å². The summed E-state index contributed by atoms with van der Waals surface area (Å²) in [7, 11) is -8.29. The normalized spacial score (nSPS) is 17.0. The first-order valence-electron chi connectivity index (χ1n) is 24.0. The molecular formula is C47H49Cl3F6N10O10S4. The number of carbonyl (C=O) groups is 3. The second kappa shape index (κ2) is 23.9. The summed E-state index contributed by atoms with van der Waals surface area (Å²) in [5, 5.41) is 19.6. The average Bonchev–Trinajstić information content (AvgIpc) is 4.41. The number of piperidine rings is 1. The van der Waals surface area contributed by atoms with Crippen molar-refractivity contribution in [2.24, 2.45) is 5.41 Å².